The lowest BCUT2D eigenvalue weighted by atomic mass is 10.0. The highest BCUT2D eigenvalue weighted by Gasteiger charge is 2.24. The first-order chi connectivity index (χ1) is 13.7. The number of aromatic nitrogens is 1. The van der Waals surface area contributed by atoms with Crippen LogP contribution in [0, 0.1) is 17.1 Å². The van der Waals surface area contributed by atoms with E-state index in [2.05, 4.69) is 11.1 Å². The van der Waals surface area contributed by atoms with Crippen molar-refractivity contribution in [1.82, 2.24) is 4.98 Å². The van der Waals surface area contributed by atoms with Crippen molar-refractivity contribution in [2.75, 3.05) is 0 Å². The van der Waals surface area contributed by atoms with E-state index in [9.17, 15) is 14.4 Å². The Bertz CT molecular complexity index is 1160. The highest BCUT2D eigenvalue weighted by Crippen LogP contribution is 2.29. The number of nitrogens with zero attached hydrogens (tertiary/aromatic N) is 2. The molecule has 1 atom stereocenters. The molecule has 2 heterocycles. The van der Waals surface area contributed by atoms with Crippen LogP contribution in [0.3, 0.4) is 0 Å². The Morgan fingerprint density at radius 2 is 1.93 bits per heavy atom. The first kappa shape index (κ1) is 18.1. The number of carbonyl (C=O) groups is 1. The van der Waals surface area contributed by atoms with Gasteiger partial charge in [-0.15, -0.1) is 11.3 Å². The molecule has 6 heteroatoms. The smallest absolute Gasteiger partial charge is 0.157 e. The van der Waals surface area contributed by atoms with E-state index < -0.39 is 5.92 Å². The zero-order chi connectivity index (χ0) is 19.5. The van der Waals surface area contributed by atoms with Crippen molar-refractivity contribution in [3.63, 3.8) is 0 Å². The lowest BCUT2D eigenvalue weighted by Gasteiger charge is -2.04. The predicted octanol–water partition coefficient (Wildman–Crippen LogP) is 5.50. The number of thiazole rings is 1. The minimum absolute atomic E-state index is 0.151. The number of Topliss-reactive ketones (excluding diaryl/α,β-unsaturated/α-hetero) is 1. The van der Waals surface area contributed by atoms with Crippen molar-refractivity contribution in [1.29, 1.82) is 5.26 Å². The van der Waals surface area contributed by atoms with Crippen LogP contribution in [0.4, 0.5) is 4.39 Å². The molecule has 28 heavy (non-hydrogen) atoms. The van der Waals surface area contributed by atoms with Gasteiger partial charge in [0.25, 0.3) is 0 Å². The minimum Gasteiger partial charge on any atom is -0.461 e. The maximum atomic E-state index is 13.9. The third kappa shape index (κ3) is 3.57. The van der Waals surface area contributed by atoms with Crippen molar-refractivity contribution in [3.05, 3.63) is 77.2 Å². The lowest BCUT2D eigenvalue weighted by molar-refractivity contribution is -0.119. The summed E-state index contributed by atoms with van der Waals surface area (Å²) in [4.78, 5) is 17.0. The number of fused-ring (bicyclic) bond motifs is 1. The molecule has 0 aliphatic heterocycles. The largest absolute Gasteiger partial charge is 0.461 e. The van der Waals surface area contributed by atoms with Gasteiger partial charge in [-0.1, -0.05) is 24.3 Å². The third-order valence-electron chi connectivity index (χ3n) is 4.43. The number of rotatable bonds is 6. The number of benzene rings is 2. The van der Waals surface area contributed by atoms with E-state index in [1.807, 2.05) is 24.3 Å². The summed E-state index contributed by atoms with van der Waals surface area (Å²) in [5.74, 6) is -0.459. The molecule has 4 aromatic rings. The van der Waals surface area contributed by atoms with Crippen molar-refractivity contribution >= 4 is 27.3 Å². The van der Waals surface area contributed by atoms with E-state index in [0.29, 0.717) is 28.5 Å². The van der Waals surface area contributed by atoms with Crippen molar-refractivity contribution in [3.8, 4) is 17.4 Å². The molecule has 0 saturated carbocycles. The van der Waals surface area contributed by atoms with Crippen LogP contribution in [0.2, 0.25) is 0 Å². The van der Waals surface area contributed by atoms with E-state index in [-0.39, 0.29) is 18.0 Å². The summed E-state index contributed by atoms with van der Waals surface area (Å²) in [7, 11) is 0. The minimum atomic E-state index is -0.890. The fourth-order valence-corrected chi connectivity index (χ4v) is 4.02. The van der Waals surface area contributed by atoms with Gasteiger partial charge in [0.15, 0.2) is 11.7 Å². The topological polar surface area (TPSA) is 66.9 Å². The molecule has 4 nitrogen and oxygen atoms in total. The number of halogens is 1. The lowest BCUT2D eigenvalue weighted by Crippen LogP contribution is -2.11. The molecule has 0 bridgehead atoms. The number of hydrogen-bond acceptors (Lipinski definition) is 5. The van der Waals surface area contributed by atoms with Gasteiger partial charge in [-0.05, 0) is 36.4 Å². The number of carbonyl (C=O) groups excluding carboxylic acids is 1. The maximum absolute atomic E-state index is 13.9. The quantitative estimate of drug-likeness (QED) is 0.436. The molecular weight excluding hydrogens is 375 g/mol. The van der Waals surface area contributed by atoms with E-state index in [4.69, 9.17) is 4.42 Å². The molecule has 0 fully saturated rings. The number of aryl methyl sites for hydroxylation is 1. The number of nitriles is 1. The molecule has 2 aromatic carbocycles. The predicted molar refractivity (Wildman–Crippen MR) is 105 cm³/mol. The second-order valence-corrected chi connectivity index (χ2v) is 7.36. The number of para-hydroxylation sites is 1. The zero-order valence-corrected chi connectivity index (χ0v) is 15.6. The van der Waals surface area contributed by atoms with Crippen LogP contribution in [0.5, 0.6) is 0 Å². The van der Waals surface area contributed by atoms with Gasteiger partial charge in [0.2, 0.25) is 0 Å². The Morgan fingerprint density at radius 1 is 1.14 bits per heavy atom. The van der Waals surface area contributed by atoms with Crippen LogP contribution in [0.15, 0.2) is 65.1 Å². The highest BCUT2D eigenvalue weighted by atomic mass is 32.1. The summed E-state index contributed by atoms with van der Waals surface area (Å²) in [6, 6.07) is 19.4. The van der Waals surface area contributed by atoms with Gasteiger partial charge in [0.1, 0.15) is 22.3 Å². The molecule has 0 N–H and O–H groups in total. The van der Waals surface area contributed by atoms with E-state index in [1.165, 1.54) is 17.4 Å². The standard InChI is InChI=1S/C22H15FN2O2S/c23-17-6-2-1-5-15(17)20-12-10-14(27-20)9-11-19(26)16(13-24)22-25-18-7-3-4-8-21(18)28-22/h1-8,10,12,16H,9,11H2. The molecule has 0 spiro atoms. The SMILES string of the molecule is N#CC(C(=O)CCc1ccc(-c2ccccc2F)o1)c1nc2ccccc2s1. The molecule has 0 aliphatic rings. The Kier molecular flexibility index (Phi) is 5.00. The molecule has 4 rings (SSSR count). The van der Waals surface area contributed by atoms with Gasteiger partial charge in [-0.25, -0.2) is 9.37 Å². The Labute approximate surface area is 164 Å². The number of furan rings is 1. The molecule has 0 radical (unpaired) electrons. The van der Waals surface area contributed by atoms with Gasteiger partial charge >= 0.3 is 0 Å². The molecule has 138 valence electrons. The van der Waals surface area contributed by atoms with Gasteiger partial charge in [-0.3, -0.25) is 4.79 Å². The van der Waals surface area contributed by atoms with Crippen LogP contribution in [0.1, 0.15) is 23.1 Å². The van der Waals surface area contributed by atoms with Crippen LogP contribution in [0.25, 0.3) is 21.5 Å². The molecule has 0 amide bonds. The highest BCUT2D eigenvalue weighted by molar-refractivity contribution is 7.18. The van der Waals surface area contributed by atoms with Crippen molar-refractivity contribution in [2.24, 2.45) is 0 Å². The van der Waals surface area contributed by atoms with Gasteiger partial charge in [-0.2, -0.15) is 5.26 Å². The van der Waals surface area contributed by atoms with Crippen LogP contribution < -0.4 is 0 Å². The van der Waals surface area contributed by atoms with Crippen molar-refractivity contribution in [2.45, 2.75) is 18.8 Å². The average Bonchev–Trinajstić information content (AvgIpc) is 3.34. The van der Waals surface area contributed by atoms with E-state index in [0.717, 1.165) is 10.2 Å². The Balaban J connectivity index is 1.46. The first-order valence-corrected chi connectivity index (χ1v) is 9.59. The van der Waals surface area contributed by atoms with Crippen LogP contribution in [-0.4, -0.2) is 10.8 Å². The molecule has 1 unspecified atom stereocenters. The molecule has 2 aromatic heterocycles. The van der Waals surface area contributed by atoms with Gasteiger partial charge < -0.3 is 4.42 Å². The van der Waals surface area contributed by atoms with Gasteiger partial charge in [0, 0.05) is 12.8 Å². The van der Waals surface area contributed by atoms with Crippen LogP contribution in [-0.2, 0) is 11.2 Å². The molecule has 0 aliphatic carbocycles. The summed E-state index contributed by atoms with van der Waals surface area (Å²) in [5.41, 5.74) is 1.17. The second-order valence-electron chi connectivity index (χ2n) is 6.29. The summed E-state index contributed by atoms with van der Waals surface area (Å²) < 4.78 is 20.5. The summed E-state index contributed by atoms with van der Waals surface area (Å²) in [6.07, 6.45) is 0.495. The Morgan fingerprint density at radius 3 is 2.71 bits per heavy atom. The number of hydrogen-bond donors (Lipinski definition) is 0. The number of ketones is 1. The first-order valence-electron chi connectivity index (χ1n) is 8.77. The molecule has 0 saturated heterocycles. The second kappa shape index (κ2) is 7.75. The summed E-state index contributed by atoms with van der Waals surface area (Å²) in [6.45, 7) is 0. The van der Waals surface area contributed by atoms with Crippen LogP contribution >= 0.6 is 11.3 Å². The molecular formula is C22H15FN2O2S. The summed E-state index contributed by atoms with van der Waals surface area (Å²) >= 11 is 1.36. The fraction of sp³-hybridized carbons (Fsp3) is 0.136. The third-order valence-corrected chi connectivity index (χ3v) is 5.53. The van der Waals surface area contributed by atoms with Crippen molar-refractivity contribution < 1.29 is 13.6 Å². The Hall–Kier alpha value is -3.30. The summed E-state index contributed by atoms with van der Waals surface area (Å²) in [5, 5.41) is 10.0. The van der Waals surface area contributed by atoms with E-state index >= 15 is 0 Å². The monoisotopic (exact) mass is 390 g/mol. The zero-order valence-electron chi connectivity index (χ0n) is 14.8. The van der Waals surface area contributed by atoms with E-state index in [1.54, 1.807) is 30.3 Å². The normalized spacial score (nSPS) is 12.0. The maximum Gasteiger partial charge on any atom is 0.157 e. The fourth-order valence-electron chi connectivity index (χ4n) is 2.99. The average molecular weight is 390 g/mol. The van der Waals surface area contributed by atoms with Gasteiger partial charge in [0.05, 0.1) is 21.8 Å².